The van der Waals surface area contributed by atoms with Gasteiger partial charge in [-0.2, -0.15) is 0 Å². The fraction of sp³-hybridized carbons (Fsp3) is 0.625. The molecule has 3 unspecified atom stereocenters. The van der Waals surface area contributed by atoms with Gasteiger partial charge in [0.15, 0.2) is 0 Å². The Morgan fingerprint density at radius 3 is 3.05 bits per heavy atom. The number of hydrogen-bond acceptors (Lipinski definition) is 3. The molecule has 3 nitrogen and oxygen atoms in total. The van der Waals surface area contributed by atoms with E-state index in [1.807, 2.05) is 12.1 Å². The molecule has 2 N–H and O–H groups in total. The Hall–Kier alpha value is -0.580. The van der Waals surface area contributed by atoms with Crippen LogP contribution in [0.25, 0.3) is 0 Å². The number of halogens is 1. The molecule has 20 heavy (non-hydrogen) atoms. The summed E-state index contributed by atoms with van der Waals surface area (Å²) < 4.78 is 13.3. The monoisotopic (exact) mass is 339 g/mol. The van der Waals surface area contributed by atoms with Gasteiger partial charge in [0.2, 0.25) is 0 Å². The molecule has 2 heterocycles. The lowest BCUT2D eigenvalue weighted by molar-refractivity contribution is -0.103. The van der Waals surface area contributed by atoms with Crippen molar-refractivity contribution in [3.8, 4) is 5.75 Å². The molecule has 2 aliphatic heterocycles. The van der Waals surface area contributed by atoms with Crippen molar-refractivity contribution < 1.29 is 9.47 Å². The van der Waals surface area contributed by atoms with E-state index in [4.69, 9.17) is 15.2 Å². The summed E-state index contributed by atoms with van der Waals surface area (Å²) in [4.78, 5) is 0. The number of nitrogens with two attached hydrogens (primary N) is 1. The number of fused-ring (bicyclic) bond motifs is 1. The first-order valence-corrected chi connectivity index (χ1v) is 8.27. The van der Waals surface area contributed by atoms with Crippen LogP contribution < -0.4 is 10.5 Å². The van der Waals surface area contributed by atoms with E-state index >= 15 is 0 Å². The third-order valence-corrected chi connectivity index (χ3v) is 4.91. The van der Waals surface area contributed by atoms with Crippen molar-refractivity contribution >= 4 is 15.9 Å². The highest BCUT2D eigenvalue weighted by Crippen LogP contribution is 2.45. The van der Waals surface area contributed by atoms with Crippen LogP contribution in [0.1, 0.15) is 50.6 Å². The molecule has 0 aromatic heterocycles. The van der Waals surface area contributed by atoms with Crippen LogP contribution in [0.15, 0.2) is 22.7 Å². The lowest BCUT2D eigenvalue weighted by Gasteiger charge is -2.46. The molecule has 1 spiro atoms. The molecular formula is C16H22BrNO2. The third kappa shape index (κ3) is 2.74. The minimum absolute atomic E-state index is 0.0622. The van der Waals surface area contributed by atoms with Gasteiger partial charge in [0.1, 0.15) is 11.4 Å². The Kier molecular flexibility index (Phi) is 4.07. The molecule has 1 fully saturated rings. The number of hydrogen-bond donors (Lipinski definition) is 1. The maximum Gasteiger partial charge on any atom is 0.126 e. The third-order valence-electron chi connectivity index (χ3n) is 4.42. The van der Waals surface area contributed by atoms with Gasteiger partial charge >= 0.3 is 0 Å². The Balaban J connectivity index is 1.85. The largest absolute Gasteiger partial charge is 0.487 e. The molecule has 0 amide bonds. The molecule has 4 heteroatoms. The lowest BCUT2D eigenvalue weighted by atomic mass is 9.79. The van der Waals surface area contributed by atoms with Crippen LogP contribution in [0.5, 0.6) is 5.75 Å². The van der Waals surface area contributed by atoms with Gasteiger partial charge in [-0.3, -0.25) is 0 Å². The Bertz CT molecular complexity index is 491. The molecular weight excluding hydrogens is 318 g/mol. The summed E-state index contributed by atoms with van der Waals surface area (Å²) in [6.07, 6.45) is 5.36. The molecule has 2 aliphatic rings. The van der Waals surface area contributed by atoms with Crippen LogP contribution >= 0.6 is 15.9 Å². The highest BCUT2D eigenvalue weighted by molar-refractivity contribution is 9.10. The Morgan fingerprint density at radius 1 is 1.40 bits per heavy atom. The van der Waals surface area contributed by atoms with Crippen molar-refractivity contribution in [1.82, 2.24) is 0 Å². The van der Waals surface area contributed by atoms with Crippen molar-refractivity contribution in [1.29, 1.82) is 0 Å². The predicted octanol–water partition coefficient (Wildman–Crippen LogP) is 3.95. The van der Waals surface area contributed by atoms with Gasteiger partial charge in [-0.05, 0) is 18.6 Å². The molecule has 0 saturated carbocycles. The summed E-state index contributed by atoms with van der Waals surface area (Å²) in [6, 6.07) is 6.21. The second-order valence-electron chi connectivity index (χ2n) is 6.01. The molecule has 0 aliphatic carbocycles. The molecule has 110 valence electrons. The quantitative estimate of drug-likeness (QED) is 0.887. The smallest absolute Gasteiger partial charge is 0.126 e. The van der Waals surface area contributed by atoms with Gasteiger partial charge in [0.05, 0.1) is 12.7 Å². The van der Waals surface area contributed by atoms with Crippen molar-refractivity contribution in [2.75, 3.05) is 6.61 Å². The SMILES string of the molecule is CCCC1CC2(CCO1)CC(N)c1ccc(Br)cc1O2. The van der Waals surface area contributed by atoms with Crippen LogP contribution in [0.3, 0.4) is 0 Å². The van der Waals surface area contributed by atoms with E-state index in [0.717, 1.165) is 54.5 Å². The van der Waals surface area contributed by atoms with Crippen LogP contribution in [-0.4, -0.2) is 18.3 Å². The summed E-state index contributed by atoms with van der Waals surface area (Å²) in [7, 11) is 0. The van der Waals surface area contributed by atoms with E-state index < -0.39 is 0 Å². The zero-order valence-electron chi connectivity index (χ0n) is 11.9. The maximum atomic E-state index is 6.40. The van der Waals surface area contributed by atoms with Gasteiger partial charge < -0.3 is 15.2 Å². The number of rotatable bonds is 2. The van der Waals surface area contributed by atoms with Crippen molar-refractivity contribution in [3.05, 3.63) is 28.2 Å². The first-order chi connectivity index (χ1) is 9.62. The number of benzene rings is 1. The Labute approximate surface area is 129 Å². The van der Waals surface area contributed by atoms with Crippen molar-refractivity contribution in [3.63, 3.8) is 0 Å². The van der Waals surface area contributed by atoms with E-state index in [0.29, 0.717) is 6.10 Å². The standard InChI is InChI=1S/C16H22BrNO2/c1-2-3-12-9-16(6-7-19-12)10-14(18)13-5-4-11(17)8-15(13)20-16/h4-5,8,12,14H,2-3,6-7,9-10,18H2,1H3. The summed E-state index contributed by atoms with van der Waals surface area (Å²) >= 11 is 3.51. The van der Waals surface area contributed by atoms with Crippen molar-refractivity contribution in [2.24, 2.45) is 5.73 Å². The fourth-order valence-electron chi connectivity index (χ4n) is 3.46. The van der Waals surface area contributed by atoms with Gasteiger partial charge in [-0.1, -0.05) is 35.3 Å². The van der Waals surface area contributed by atoms with Crippen LogP contribution in [-0.2, 0) is 4.74 Å². The van der Waals surface area contributed by atoms with Gasteiger partial charge in [-0.25, -0.2) is 0 Å². The van der Waals surface area contributed by atoms with Gasteiger partial charge in [-0.15, -0.1) is 0 Å². The molecule has 0 bridgehead atoms. The summed E-state index contributed by atoms with van der Waals surface area (Å²) in [5.41, 5.74) is 7.37. The van der Waals surface area contributed by atoms with Crippen LogP contribution in [0, 0.1) is 0 Å². The lowest BCUT2D eigenvalue weighted by Crippen LogP contribution is -2.49. The maximum absolute atomic E-state index is 6.40. The molecule has 0 radical (unpaired) electrons. The minimum atomic E-state index is -0.134. The normalized spacial score (nSPS) is 32.8. The molecule has 1 saturated heterocycles. The molecule has 1 aromatic rings. The highest BCUT2D eigenvalue weighted by atomic mass is 79.9. The van der Waals surface area contributed by atoms with Crippen LogP contribution in [0.4, 0.5) is 0 Å². The summed E-state index contributed by atoms with van der Waals surface area (Å²) in [6.45, 7) is 2.98. The van der Waals surface area contributed by atoms with Crippen LogP contribution in [0.2, 0.25) is 0 Å². The first kappa shape index (κ1) is 14.4. The highest BCUT2D eigenvalue weighted by Gasteiger charge is 2.43. The average molecular weight is 340 g/mol. The van der Waals surface area contributed by atoms with E-state index in [9.17, 15) is 0 Å². The van der Waals surface area contributed by atoms with E-state index in [-0.39, 0.29) is 11.6 Å². The average Bonchev–Trinajstić information content (AvgIpc) is 2.38. The van der Waals surface area contributed by atoms with Crippen molar-refractivity contribution in [2.45, 2.75) is 56.8 Å². The van der Waals surface area contributed by atoms with Gasteiger partial charge in [0, 0.05) is 35.3 Å². The predicted molar refractivity (Wildman–Crippen MR) is 82.9 cm³/mol. The zero-order valence-corrected chi connectivity index (χ0v) is 13.5. The second-order valence-corrected chi connectivity index (χ2v) is 6.93. The molecule has 1 aromatic carbocycles. The van der Waals surface area contributed by atoms with Gasteiger partial charge in [0.25, 0.3) is 0 Å². The van der Waals surface area contributed by atoms with E-state index in [2.05, 4.69) is 28.9 Å². The zero-order chi connectivity index (χ0) is 14.2. The van der Waals surface area contributed by atoms with E-state index in [1.165, 1.54) is 0 Å². The Morgan fingerprint density at radius 2 is 2.25 bits per heavy atom. The second kappa shape index (κ2) is 5.66. The first-order valence-electron chi connectivity index (χ1n) is 7.47. The van der Waals surface area contributed by atoms with E-state index in [1.54, 1.807) is 0 Å². The topological polar surface area (TPSA) is 44.5 Å². The summed E-state index contributed by atoms with van der Waals surface area (Å²) in [5.74, 6) is 0.940. The fourth-order valence-corrected chi connectivity index (χ4v) is 3.80. The number of ether oxygens (including phenoxy) is 2. The molecule has 3 atom stereocenters. The molecule has 3 rings (SSSR count). The minimum Gasteiger partial charge on any atom is -0.487 e. The summed E-state index contributed by atoms with van der Waals surface area (Å²) in [5, 5.41) is 0.